The molecule has 1 aliphatic heterocycles. The Labute approximate surface area is 153 Å². The molecular weight excluding hydrogens is 336 g/mol. The quantitative estimate of drug-likeness (QED) is 0.792. The molecular formula is C20H23ClN2O2. The number of hydrogen-bond acceptors (Lipinski definition) is 2. The minimum absolute atomic E-state index is 0.315. The lowest BCUT2D eigenvalue weighted by atomic mass is 9.90. The van der Waals surface area contributed by atoms with Gasteiger partial charge in [-0.15, -0.1) is 0 Å². The monoisotopic (exact) mass is 358 g/mol. The van der Waals surface area contributed by atoms with Gasteiger partial charge in [0, 0.05) is 30.3 Å². The van der Waals surface area contributed by atoms with Gasteiger partial charge in [-0.05, 0) is 54.5 Å². The fourth-order valence-electron chi connectivity index (χ4n) is 3.47. The minimum atomic E-state index is -0.821. The standard InChI is InChI=1S/C20H23ClN2O2/c21-18-8-10-19(11-9-18)22-12-17-14-23(20(24)25)13-16(17)7-6-15-4-2-1-3-5-15/h1-5,8-11,16-17,22H,6-7,12-14H2,(H,24,25)/t16-,17-/m0/s1. The number of hydrogen-bond donors (Lipinski definition) is 2. The SMILES string of the molecule is O=C(O)N1C[C@H](CCc2ccccc2)[C@@H](CNc2ccc(Cl)cc2)C1. The van der Waals surface area contributed by atoms with Crippen LogP contribution in [0.4, 0.5) is 10.5 Å². The summed E-state index contributed by atoms with van der Waals surface area (Å²) in [5, 5.41) is 13.5. The molecule has 2 aromatic rings. The number of carbonyl (C=O) groups is 1. The zero-order valence-corrected chi connectivity index (χ0v) is 14.8. The van der Waals surface area contributed by atoms with Crippen molar-refractivity contribution in [3.05, 3.63) is 65.2 Å². The van der Waals surface area contributed by atoms with E-state index in [2.05, 4.69) is 17.4 Å². The van der Waals surface area contributed by atoms with E-state index in [0.29, 0.717) is 29.9 Å². The van der Waals surface area contributed by atoms with Crippen LogP contribution in [0.1, 0.15) is 12.0 Å². The first-order valence-corrected chi connectivity index (χ1v) is 9.01. The zero-order chi connectivity index (χ0) is 17.6. The molecule has 25 heavy (non-hydrogen) atoms. The summed E-state index contributed by atoms with van der Waals surface area (Å²) in [4.78, 5) is 12.9. The molecule has 0 saturated carbocycles. The molecule has 0 bridgehead atoms. The van der Waals surface area contributed by atoms with E-state index in [-0.39, 0.29) is 0 Å². The van der Waals surface area contributed by atoms with Gasteiger partial charge in [-0.1, -0.05) is 41.9 Å². The van der Waals surface area contributed by atoms with E-state index in [1.165, 1.54) is 5.56 Å². The summed E-state index contributed by atoms with van der Waals surface area (Å²) in [6, 6.07) is 18.0. The Hall–Kier alpha value is -2.20. The molecule has 0 aliphatic carbocycles. The lowest BCUT2D eigenvalue weighted by molar-refractivity contribution is 0.153. The van der Waals surface area contributed by atoms with E-state index < -0.39 is 6.09 Å². The van der Waals surface area contributed by atoms with Crippen LogP contribution in [0.5, 0.6) is 0 Å². The molecule has 2 atom stereocenters. The van der Waals surface area contributed by atoms with Gasteiger partial charge in [-0.25, -0.2) is 4.79 Å². The molecule has 0 radical (unpaired) electrons. The maximum Gasteiger partial charge on any atom is 0.407 e. The van der Waals surface area contributed by atoms with Gasteiger partial charge < -0.3 is 15.3 Å². The highest BCUT2D eigenvalue weighted by molar-refractivity contribution is 6.30. The normalized spacial score (nSPS) is 19.8. The van der Waals surface area contributed by atoms with Crippen molar-refractivity contribution in [1.82, 2.24) is 4.90 Å². The molecule has 0 unspecified atom stereocenters. The number of halogens is 1. The predicted octanol–water partition coefficient (Wildman–Crippen LogP) is 4.61. The summed E-state index contributed by atoms with van der Waals surface area (Å²) in [7, 11) is 0. The molecule has 5 heteroatoms. The van der Waals surface area contributed by atoms with Gasteiger partial charge in [0.1, 0.15) is 0 Å². The summed E-state index contributed by atoms with van der Waals surface area (Å²) in [6.07, 6.45) is 1.16. The lowest BCUT2D eigenvalue weighted by Gasteiger charge is -2.19. The van der Waals surface area contributed by atoms with Crippen molar-refractivity contribution in [2.45, 2.75) is 12.8 Å². The lowest BCUT2D eigenvalue weighted by Crippen LogP contribution is -2.27. The largest absolute Gasteiger partial charge is 0.465 e. The fraction of sp³-hybridized carbons (Fsp3) is 0.350. The number of anilines is 1. The van der Waals surface area contributed by atoms with E-state index in [1.54, 1.807) is 4.90 Å². The van der Waals surface area contributed by atoms with Crippen molar-refractivity contribution in [2.75, 3.05) is 25.0 Å². The highest BCUT2D eigenvalue weighted by Gasteiger charge is 2.34. The second kappa shape index (κ2) is 8.26. The predicted molar refractivity (Wildman–Crippen MR) is 101 cm³/mol. The molecule has 1 heterocycles. The molecule has 132 valence electrons. The smallest absolute Gasteiger partial charge is 0.407 e. The molecule has 2 aromatic carbocycles. The van der Waals surface area contributed by atoms with Crippen molar-refractivity contribution >= 4 is 23.4 Å². The molecule has 0 aromatic heterocycles. The van der Waals surface area contributed by atoms with Crippen LogP contribution < -0.4 is 5.32 Å². The van der Waals surface area contributed by atoms with Gasteiger partial charge in [-0.2, -0.15) is 0 Å². The summed E-state index contributed by atoms with van der Waals surface area (Å²) >= 11 is 5.92. The van der Waals surface area contributed by atoms with E-state index in [0.717, 1.165) is 25.1 Å². The first kappa shape index (κ1) is 17.6. The van der Waals surface area contributed by atoms with Crippen LogP contribution in [0.3, 0.4) is 0 Å². The Kier molecular flexibility index (Phi) is 5.82. The van der Waals surface area contributed by atoms with E-state index in [9.17, 15) is 9.90 Å². The van der Waals surface area contributed by atoms with Crippen LogP contribution in [-0.4, -0.2) is 35.7 Å². The van der Waals surface area contributed by atoms with E-state index in [4.69, 9.17) is 11.6 Å². The van der Waals surface area contributed by atoms with Crippen LogP contribution in [-0.2, 0) is 6.42 Å². The van der Waals surface area contributed by atoms with E-state index >= 15 is 0 Å². The van der Waals surface area contributed by atoms with Gasteiger partial charge in [0.2, 0.25) is 0 Å². The van der Waals surface area contributed by atoms with Crippen molar-refractivity contribution < 1.29 is 9.90 Å². The molecule has 1 amide bonds. The summed E-state index contributed by atoms with van der Waals surface area (Å²) in [6.45, 7) is 1.98. The highest BCUT2D eigenvalue weighted by Crippen LogP contribution is 2.28. The molecule has 1 aliphatic rings. The molecule has 3 rings (SSSR count). The number of amides is 1. The first-order chi connectivity index (χ1) is 12.1. The molecule has 0 spiro atoms. The molecule has 4 nitrogen and oxygen atoms in total. The number of benzene rings is 2. The summed E-state index contributed by atoms with van der Waals surface area (Å²) in [5.41, 5.74) is 2.32. The highest BCUT2D eigenvalue weighted by atomic mass is 35.5. The topological polar surface area (TPSA) is 52.6 Å². The maximum absolute atomic E-state index is 11.4. The number of likely N-dealkylation sites (tertiary alicyclic amines) is 1. The number of nitrogens with zero attached hydrogens (tertiary/aromatic N) is 1. The average molecular weight is 359 g/mol. The zero-order valence-electron chi connectivity index (χ0n) is 14.1. The minimum Gasteiger partial charge on any atom is -0.465 e. The number of nitrogens with one attached hydrogen (secondary N) is 1. The van der Waals surface area contributed by atoms with Crippen LogP contribution in [0.15, 0.2) is 54.6 Å². The van der Waals surface area contributed by atoms with Gasteiger partial charge >= 0.3 is 6.09 Å². The molecule has 1 saturated heterocycles. The van der Waals surface area contributed by atoms with Crippen LogP contribution in [0, 0.1) is 11.8 Å². The van der Waals surface area contributed by atoms with Gasteiger partial charge in [0.25, 0.3) is 0 Å². The summed E-state index contributed by atoms with van der Waals surface area (Å²) in [5.74, 6) is 0.687. The third-order valence-electron chi connectivity index (χ3n) is 4.91. The van der Waals surface area contributed by atoms with Crippen molar-refractivity contribution in [3.8, 4) is 0 Å². The van der Waals surface area contributed by atoms with Gasteiger partial charge in [-0.3, -0.25) is 0 Å². The summed E-state index contributed by atoms with van der Waals surface area (Å²) < 4.78 is 0. The third-order valence-corrected chi connectivity index (χ3v) is 5.16. The van der Waals surface area contributed by atoms with E-state index in [1.807, 2.05) is 42.5 Å². The van der Waals surface area contributed by atoms with Gasteiger partial charge in [0.15, 0.2) is 0 Å². The molecule has 1 fully saturated rings. The maximum atomic E-state index is 11.4. The van der Waals surface area contributed by atoms with Crippen molar-refractivity contribution in [1.29, 1.82) is 0 Å². The Bertz CT molecular complexity index is 691. The Balaban J connectivity index is 1.59. The average Bonchev–Trinajstić information content (AvgIpc) is 3.04. The van der Waals surface area contributed by atoms with Crippen LogP contribution >= 0.6 is 11.6 Å². The van der Waals surface area contributed by atoms with Gasteiger partial charge in [0.05, 0.1) is 0 Å². The second-order valence-electron chi connectivity index (χ2n) is 6.62. The van der Waals surface area contributed by atoms with Crippen molar-refractivity contribution in [3.63, 3.8) is 0 Å². The second-order valence-corrected chi connectivity index (χ2v) is 7.06. The Morgan fingerprint density at radius 1 is 1.08 bits per heavy atom. The number of rotatable bonds is 6. The van der Waals surface area contributed by atoms with Crippen LogP contribution in [0.25, 0.3) is 0 Å². The molecule has 2 N–H and O–H groups in total. The van der Waals surface area contributed by atoms with Crippen LogP contribution in [0.2, 0.25) is 5.02 Å². The first-order valence-electron chi connectivity index (χ1n) is 8.63. The number of aryl methyl sites for hydroxylation is 1. The Morgan fingerprint density at radius 3 is 2.44 bits per heavy atom. The Morgan fingerprint density at radius 2 is 1.76 bits per heavy atom. The number of carboxylic acid groups (broad SMARTS) is 1. The van der Waals surface area contributed by atoms with Crippen molar-refractivity contribution in [2.24, 2.45) is 11.8 Å². The third kappa shape index (κ3) is 4.89. The fourth-order valence-corrected chi connectivity index (χ4v) is 3.59.